The van der Waals surface area contributed by atoms with Gasteiger partial charge in [-0.25, -0.2) is 0 Å². The number of carbonyl (C=O) groups excluding carboxylic acids is 1. The molecule has 0 bridgehead atoms. The molecule has 4 nitrogen and oxygen atoms in total. The molecule has 116 valence electrons. The summed E-state index contributed by atoms with van der Waals surface area (Å²) in [6, 6.07) is 8.33. The molecule has 0 aliphatic carbocycles. The van der Waals surface area contributed by atoms with Gasteiger partial charge in [-0.15, -0.1) is 0 Å². The van der Waals surface area contributed by atoms with Crippen LogP contribution >= 0.6 is 0 Å². The third-order valence-electron chi connectivity index (χ3n) is 3.92. The van der Waals surface area contributed by atoms with Gasteiger partial charge in [-0.3, -0.25) is 9.69 Å². The first-order valence-electron chi connectivity index (χ1n) is 7.41. The maximum atomic E-state index is 11.8. The monoisotopic (exact) mass is 291 g/mol. The van der Waals surface area contributed by atoms with Crippen LogP contribution in [-0.4, -0.2) is 43.8 Å². The zero-order chi connectivity index (χ0) is 15.5. The molecule has 1 aromatic carbocycles. The predicted molar refractivity (Wildman–Crippen MR) is 82.2 cm³/mol. The Hall–Kier alpha value is -1.39. The van der Waals surface area contributed by atoms with Crippen LogP contribution in [0.1, 0.15) is 31.9 Å². The van der Waals surface area contributed by atoms with Crippen molar-refractivity contribution < 1.29 is 14.3 Å². The summed E-state index contributed by atoms with van der Waals surface area (Å²) in [6.45, 7) is 9.18. The molecule has 1 aliphatic rings. The van der Waals surface area contributed by atoms with E-state index < -0.39 is 0 Å². The van der Waals surface area contributed by atoms with Crippen molar-refractivity contribution in [1.82, 2.24) is 4.90 Å². The summed E-state index contributed by atoms with van der Waals surface area (Å²) in [5.41, 5.74) is 2.68. The van der Waals surface area contributed by atoms with E-state index in [-0.39, 0.29) is 17.4 Å². The molecular formula is C17H25NO3. The molecule has 1 heterocycles. The molecule has 0 saturated carbocycles. The van der Waals surface area contributed by atoms with Crippen LogP contribution in [0.3, 0.4) is 0 Å². The lowest BCUT2D eigenvalue weighted by Crippen LogP contribution is -2.49. The Morgan fingerprint density at radius 2 is 2.00 bits per heavy atom. The molecule has 1 aliphatic heterocycles. The van der Waals surface area contributed by atoms with Gasteiger partial charge in [-0.2, -0.15) is 0 Å². The second-order valence-electron chi connectivity index (χ2n) is 6.53. The average Bonchev–Trinajstić information content (AvgIpc) is 2.46. The Bertz CT molecular complexity index is 476. The largest absolute Gasteiger partial charge is 0.468 e. The van der Waals surface area contributed by atoms with Gasteiger partial charge in [0, 0.05) is 13.1 Å². The van der Waals surface area contributed by atoms with Crippen molar-refractivity contribution in [3.63, 3.8) is 0 Å². The summed E-state index contributed by atoms with van der Waals surface area (Å²) in [5, 5.41) is 0. The number of rotatable bonds is 3. The van der Waals surface area contributed by atoms with E-state index in [0.717, 1.165) is 13.1 Å². The lowest BCUT2D eigenvalue weighted by atomic mass is 9.86. The Morgan fingerprint density at radius 1 is 1.33 bits per heavy atom. The predicted octanol–water partition coefficient (Wildman–Crippen LogP) is 2.36. The molecule has 0 spiro atoms. The van der Waals surface area contributed by atoms with Crippen LogP contribution in [-0.2, 0) is 26.2 Å². The maximum absolute atomic E-state index is 11.8. The number of ether oxygens (including phenoxy) is 2. The number of methoxy groups -OCH3 is 1. The van der Waals surface area contributed by atoms with E-state index in [1.807, 2.05) is 0 Å². The fourth-order valence-electron chi connectivity index (χ4n) is 2.53. The Morgan fingerprint density at radius 3 is 2.57 bits per heavy atom. The minimum Gasteiger partial charge on any atom is -0.468 e. The standard InChI is InChI=1S/C17H25NO3/c1-17(2,3)14-7-5-13(6-8-14)11-18-9-10-21-12-15(18)16(19)20-4/h5-8,15H,9-12H2,1-4H3. The van der Waals surface area contributed by atoms with Crippen LogP contribution in [0.25, 0.3) is 0 Å². The summed E-state index contributed by atoms with van der Waals surface area (Å²) in [7, 11) is 1.42. The summed E-state index contributed by atoms with van der Waals surface area (Å²) in [6.07, 6.45) is 0. The smallest absolute Gasteiger partial charge is 0.325 e. The van der Waals surface area contributed by atoms with E-state index in [0.29, 0.717) is 13.2 Å². The summed E-state index contributed by atoms with van der Waals surface area (Å²) < 4.78 is 10.3. The molecule has 1 atom stereocenters. The molecule has 1 saturated heterocycles. The number of hydrogen-bond acceptors (Lipinski definition) is 4. The molecule has 1 unspecified atom stereocenters. The zero-order valence-corrected chi connectivity index (χ0v) is 13.4. The van der Waals surface area contributed by atoms with Crippen molar-refractivity contribution in [2.75, 3.05) is 26.9 Å². The molecular weight excluding hydrogens is 266 g/mol. The van der Waals surface area contributed by atoms with Gasteiger partial charge in [0.15, 0.2) is 0 Å². The molecule has 2 rings (SSSR count). The maximum Gasteiger partial charge on any atom is 0.325 e. The highest BCUT2D eigenvalue weighted by molar-refractivity contribution is 5.75. The fraction of sp³-hybridized carbons (Fsp3) is 0.588. The number of esters is 1. The van der Waals surface area contributed by atoms with Gasteiger partial charge in [0.25, 0.3) is 0 Å². The van der Waals surface area contributed by atoms with Crippen LogP contribution in [0.2, 0.25) is 0 Å². The van der Waals surface area contributed by atoms with Gasteiger partial charge in [0.2, 0.25) is 0 Å². The van der Waals surface area contributed by atoms with Crippen LogP contribution < -0.4 is 0 Å². The summed E-state index contributed by atoms with van der Waals surface area (Å²) >= 11 is 0. The summed E-state index contributed by atoms with van der Waals surface area (Å²) in [4.78, 5) is 13.9. The highest BCUT2D eigenvalue weighted by Crippen LogP contribution is 2.23. The minimum atomic E-state index is -0.300. The zero-order valence-electron chi connectivity index (χ0n) is 13.4. The fourth-order valence-corrected chi connectivity index (χ4v) is 2.53. The third-order valence-corrected chi connectivity index (χ3v) is 3.92. The molecule has 0 N–H and O–H groups in total. The first-order chi connectivity index (χ1) is 9.91. The van der Waals surface area contributed by atoms with Crippen LogP contribution in [0.4, 0.5) is 0 Å². The molecule has 1 fully saturated rings. The normalized spacial score (nSPS) is 20.3. The molecule has 0 aromatic heterocycles. The van der Waals surface area contributed by atoms with E-state index in [1.165, 1.54) is 18.2 Å². The van der Waals surface area contributed by atoms with Gasteiger partial charge in [0.1, 0.15) is 6.04 Å². The SMILES string of the molecule is COC(=O)C1COCCN1Cc1ccc(C(C)(C)C)cc1. The molecule has 21 heavy (non-hydrogen) atoms. The van der Waals surface area contributed by atoms with E-state index >= 15 is 0 Å². The van der Waals surface area contributed by atoms with Gasteiger partial charge < -0.3 is 9.47 Å². The van der Waals surface area contributed by atoms with Crippen molar-refractivity contribution in [3.8, 4) is 0 Å². The Balaban J connectivity index is 2.07. The lowest BCUT2D eigenvalue weighted by Gasteiger charge is -2.33. The van der Waals surface area contributed by atoms with Crippen molar-refractivity contribution >= 4 is 5.97 Å². The third kappa shape index (κ3) is 4.05. The first-order valence-corrected chi connectivity index (χ1v) is 7.41. The van der Waals surface area contributed by atoms with E-state index in [4.69, 9.17) is 9.47 Å². The molecule has 0 radical (unpaired) electrons. The van der Waals surface area contributed by atoms with Crippen molar-refractivity contribution in [2.24, 2.45) is 0 Å². The second kappa shape index (κ2) is 6.58. The Labute approximate surface area is 127 Å². The topological polar surface area (TPSA) is 38.8 Å². The molecule has 0 amide bonds. The van der Waals surface area contributed by atoms with Crippen molar-refractivity contribution in [3.05, 3.63) is 35.4 Å². The summed E-state index contributed by atoms with van der Waals surface area (Å²) in [5.74, 6) is -0.221. The number of morpholine rings is 1. The van der Waals surface area contributed by atoms with Crippen molar-refractivity contribution in [1.29, 1.82) is 0 Å². The van der Waals surface area contributed by atoms with E-state index in [1.54, 1.807) is 0 Å². The number of hydrogen-bond donors (Lipinski definition) is 0. The number of carbonyl (C=O) groups is 1. The van der Waals surface area contributed by atoms with Gasteiger partial charge in [0.05, 0.1) is 20.3 Å². The second-order valence-corrected chi connectivity index (χ2v) is 6.53. The molecule has 4 heteroatoms. The quantitative estimate of drug-likeness (QED) is 0.801. The lowest BCUT2D eigenvalue weighted by molar-refractivity contribution is -0.153. The van der Waals surface area contributed by atoms with Gasteiger partial charge in [-0.05, 0) is 16.5 Å². The van der Waals surface area contributed by atoms with Gasteiger partial charge >= 0.3 is 5.97 Å². The minimum absolute atomic E-state index is 0.159. The van der Waals surface area contributed by atoms with Crippen LogP contribution in [0.5, 0.6) is 0 Å². The average molecular weight is 291 g/mol. The Kier molecular flexibility index (Phi) is 5.01. The van der Waals surface area contributed by atoms with Crippen LogP contribution in [0.15, 0.2) is 24.3 Å². The van der Waals surface area contributed by atoms with Crippen LogP contribution in [0, 0.1) is 0 Å². The van der Waals surface area contributed by atoms with E-state index in [9.17, 15) is 4.79 Å². The number of benzene rings is 1. The number of nitrogens with zero attached hydrogens (tertiary/aromatic N) is 1. The first kappa shape index (κ1) is 16.0. The highest BCUT2D eigenvalue weighted by atomic mass is 16.5. The van der Waals surface area contributed by atoms with Crippen molar-refractivity contribution in [2.45, 2.75) is 38.8 Å². The van der Waals surface area contributed by atoms with E-state index in [2.05, 4.69) is 49.9 Å². The highest BCUT2D eigenvalue weighted by Gasteiger charge is 2.30. The van der Waals surface area contributed by atoms with Gasteiger partial charge in [-0.1, -0.05) is 45.0 Å². The molecule has 1 aromatic rings.